The highest BCUT2D eigenvalue weighted by Crippen LogP contribution is 2.27. The van der Waals surface area contributed by atoms with Gasteiger partial charge in [-0.2, -0.15) is 0 Å². The molecule has 0 unspecified atom stereocenters. The number of anilines is 1. The highest BCUT2D eigenvalue weighted by atomic mass is 79.9. The van der Waals surface area contributed by atoms with Crippen LogP contribution in [0.3, 0.4) is 0 Å². The van der Waals surface area contributed by atoms with Gasteiger partial charge in [-0.1, -0.05) is 12.1 Å². The van der Waals surface area contributed by atoms with E-state index in [0.29, 0.717) is 11.3 Å². The van der Waals surface area contributed by atoms with E-state index in [4.69, 9.17) is 4.74 Å². The van der Waals surface area contributed by atoms with Gasteiger partial charge in [-0.15, -0.1) is 0 Å². The van der Waals surface area contributed by atoms with Crippen molar-refractivity contribution in [3.63, 3.8) is 0 Å². The van der Waals surface area contributed by atoms with E-state index in [9.17, 15) is 9.59 Å². The summed E-state index contributed by atoms with van der Waals surface area (Å²) in [5.41, 5.74) is 2.11. The second-order valence-corrected chi connectivity index (χ2v) is 6.56. The lowest BCUT2D eigenvalue weighted by atomic mass is 10.1. The summed E-state index contributed by atoms with van der Waals surface area (Å²) in [6, 6.07) is 12.6. The lowest BCUT2D eigenvalue weighted by molar-refractivity contribution is -0.115. The van der Waals surface area contributed by atoms with Crippen LogP contribution in [0.4, 0.5) is 5.69 Å². The number of hydrogen-bond donors (Lipinski definition) is 3. The van der Waals surface area contributed by atoms with Gasteiger partial charge in [-0.25, -0.2) is 0 Å². The summed E-state index contributed by atoms with van der Waals surface area (Å²) < 4.78 is 6.08. The number of benzene rings is 2. The fourth-order valence-corrected chi connectivity index (χ4v) is 2.96. The van der Waals surface area contributed by atoms with Crippen molar-refractivity contribution in [3.8, 4) is 5.75 Å². The Morgan fingerprint density at radius 3 is 2.62 bits per heavy atom. The minimum Gasteiger partial charge on any atom is -0.496 e. The molecule has 2 aromatic carbocycles. The number of amides is 2. The van der Waals surface area contributed by atoms with Crippen LogP contribution in [-0.2, 0) is 4.79 Å². The molecule has 0 aliphatic heterocycles. The SMILES string of the molecule is CNC(=O)c1cccc(NC(=O)CN[C@H](C)c2ccc(OC)c(Br)c2)c1. The van der Waals surface area contributed by atoms with E-state index in [0.717, 1.165) is 15.8 Å². The maximum atomic E-state index is 12.2. The Bertz CT molecular complexity index is 795. The van der Waals surface area contributed by atoms with Crippen LogP contribution in [0.5, 0.6) is 5.75 Å². The molecule has 7 heteroatoms. The van der Waals surface area contributed by atoms with Gasteiger partial charge in [0.2, 0.25) is 5.91 Å². The Labute approximate surface area is 161 Å². The van der Waals surface area contributed by atoms with Crippen molar-refractivity contribution in [1.29, 1.82) is 0 Å². The van der Waals surface area contributed by atoms with Crippen molar-refractivity contribution in [2.45, 2.75) is 13.0 Å². The summed E-state index contributed by atoms with van der Waals surface area (Å²) in [5, 5.41) is 8.52. The molecule has 0 saturated carbocycles. The van der Waals surface area contributed by atoms with Crippen LogP contribution < -0.4 is 20.7 Å². The Morgan fingerprint density at radius 2 is 1.96 bits per heavy atom. The molecule has 26 heavy (non-hydrogen) atoms. The molecule has 0 aliphatic carbocycles. The van der Waals surface area contributed by atoms with Crippen molar-refractivity contribution < 1.29 is 14.3 Å². The Morgan fingerprint density at radius 1 is 1.19 bits per heavy atom. The summed E-state index contributed by atoms with van der Waals surface area (Å²) >= 11 is 3.46. The van der Waals surface area contributed by atoms with E-state index in [1.165, 1.54) is 0 Å². The molecule has 0 radical (unpaired) electrons. The summed E-state index contributed by atoms with van der Waals surface area (Å²) in [5.74, 6) is 0.381. The molecule has 138 valence electrons. The number of nitrogens with one attached hydrogen (secondary N) is 3. The Kier molecular flexibility index (Phi) is 7.17. The van der Waals surface area contributed by atoms with Crippen molar-refractivity contribution in [3.05, 3.63) is 58.1 Å². The molecule has 6 nitrogen and oxygen atoms in total. The van der Waals surface area contributed by atoms with Gasteiger partial charge in [0.25, 0.3) is 5.91 Å². The Balaban J connectivity index is 1.92. The van der Waals surface area contributed by atoms with Crippen LogP contribution >= 0.6 is 15.9 Å². The highest BCUT2D eigenvalue weighted by Gasteiger charge is 2.11. The largest absolute Gasteiger partial charge is 0.496 e. The van der Waals surface area contributed by atoms with E-state index >= 15 is 0 Å². The van der Waals surface area contributed by atoms with Gasteiger partial charge in [0.05, 0.1) is 18.1 Å². The van der Waals surface area contributed by atoms with Crippen LogP contribution in [0, 0.1) is 0 Å². The predicted molar refractivity (Wildman–Crippen MR) is 106 cm³/mol. The van der Waals surface area contributed by atoms with Crippen molar-refractivity contribution >= 4 is 33.4 Å². The zero-order valence-corrected chi connectivity index (χ0v) is 16.5. The molecule has 2 aromatic rings. The average Bonchev–Trinajstić information content (AvgIpc) is 2.65. The minimum atomic E-state index is -0.196. The maximum Gasteiger partial charge on any atom is 0.251 e. The van der Waals surface area contributed by atoms with Crippen LogP contribution in [0.1, 0.15) is 28.9 Å². The normalized spacial score (nSPS) is 11.5. The molecule has 2 amide bonds. The van der Waals surface area contributed by atoms with E-state index < -0.39 is 0 Å². The fourth-order valence-electron chi connectivity index (χ4n) is 2.40. The summed E-state index contributed by atoms with van der Waals surface area (Å²) in [6.07, 6.45) is 0. The van der Waals surface area contributed by atoms with Crippen LogP contribution in [0.15, 0.2) is 46.9 Å². The molecule has 0 fully saturated rings. The number of hydrogen-bond acceptors (Lipinski definition) is 4. The molecular weight excluding hydrogens is 398 g/mol. The fraction of sp³-hybridized carbons (Fsp3) is 0.263. The van der Waals surface area contributed by atoms with Crippen LogP contribution in [-0.4, -0.2) is 32.5 Å². The number of carbonyl (C=O) groups is 2. The van der Waals surface area contributed by atoms with Gasteiger partial charge in [-0.05, 0) is 58.7 Å². The molecule has 0 bridgehead atoms. The summed E-state index contributed by atoms with van der Waals surface area (Å²) in [6.45, 7) is 2.13. The molecule has 3 N–H and O–H groups in total. The molecule has 2 rings (SSSR count). The standard InChI is InChI=1S/C19H22BrN3O3/c1-12(13-7-8-17(26-3)16(20)10-13)22-11-18(24)23-15-6-4-5-14(9-15)19(25)21-2/h4-10,12,22H,11H2,1-3H3,(H,21,25)(H,23,24)/t12-/m1/s1. The second-order valence-electron chi connectivity index (χ2n) is 5.70. The first-order chi connectivity index (χ1) is 12.4. The monoisotopic (exact) mass is 419 g/mol. The maximum absolute atomic E-state index is 12.2. The lowest BCUT2D eigenvalue weighted by Crippen LogP contribution is -2.30. The lowest BCUT2D eigenvalue weighted by Gasteiger charge is -2.15. The second kappa shape index (κ2) is 9.35. The molecule has 0 aliphatic rings. The van der Waals surface area contributed by atoms with Crippen molar-refractivity contribution in [2.75, 3.05) is 26.0 Å². The van der Waals surface area contributed by atoms with E-state index in [2.05, 4.69) is 31.9 Å². The van der Waals surface area contributed by atoms with Gasteiger partial charge < -0.3 is 20.7 Å². The molecular formula is C19H22BrN3O3. The van der Waals surface area contributed by atoms with Crippen molar-refractivity contribution in [2.24, 2.45) is 0 Å². The third-order valence-electron chi connectivity index (χ3n) is 3.88. The zero-order chi connectivity index (χ0) is 19.1. The topological polar surface area (TPSA) is 79.5 Å². The Hall–Kier alpha value is -2.38. The molecule has 0 spiro atoms. The van der Waals surface area contributed by atoms with Crippen molar-refractivity contribution in [1.82, 2.24) is 10.6 Å². The number of carbonyl (C=O) groups excluding carboxylic acids is 2. The summed E-state index contributed by atoms with van der Waals surface area (Å²) in [4.78, 5) is 23.8. The minimum absolute atomic E-state index is 0.0137. The number of methoxy groups -OCH3 is 1. The van der Waals surface area contributed by atoms with Gasteiger partial charge in [0.15, 0.2) is 0 Å². The van der Waals surface area contributed by atoms with Gasteiger partial charge in [0.1, 0.15) is 5.75 Å². The van der Waals surface area contributed by atoms with E-state index in [1.54, 1.807) is 38.4 Å². The average molecular weight is 420 g/mol. The van der Waals surface area contributed by atoms with Crippen LogP contribution in [0.2, 0.25) is 0 Å². The first-order valence-electron chi connectivity index (χ1n) is 8.13. The quantitative estimate of drug-likeness (QED) is 0.643. The number of rotatable bonds is 7. The molecule has 1 atom stereocenters. The summed E-state index contributed by atoms with van der Waals surface area (Å²) in [7, 11) is 3.18. The van der Waals surface area contributed by atoms with E-state index in [-0.39, 0.29) is 24.4 Å². The molecule has 0 heterocycles. The zero-order valence-electron chi connectivity index (χ0n) is 14.9. The van der Waals surface area contributed by atoms with E-state index in [1.807, 2.05) is 25.1 Å². The van der Waals surface area contributed by atoms with Gasteiger partial charge >= 0.3 is 0 Å². The number of ether oxygens (including phenoxy) is 1. The smallest absolute Gasteiger partial charge is 0.251 e. The van der Waals surface area contributed by atoms with Gasteiger partial charge in [-0.3, -0.25) is 9.59 Å². The number of halogens is 1. The molecule has 0 aromatic heterocycles. The first-order valence-corrected chi connectivity index (χ1v) is 8.92. The first kappa shape index (κ1) is 19.9. The third kappa shape index (κ3) is 5.31. The molecule has 0 saturated heterocycles. The van der Waals surface area contributed by atoms with Gasteiger partial charge in [0, 0.05) is 24.3 Å². The van der Waals surface area contributed by atoms with Crippen LogP contribution in [0.25, 0.3) is 0 Å². The third-order valence-corrected chi connectivity index (χ3v) is 4.50. The highest BCUT2D eigenvalue weighted by molar-refractivity contribution is 9.10. The predicted octanol–water partition coefficient (Wildman–Crippen LogP) is 3.11.